The molecule has 2 aromatic heterocycles. The van der Waals surface area contributed by atoms with Crippen LogP contribution in [0.2, 0.25) is 0 Å². The zero-order valence-electron chi connectivity index (χ0n) is 20.0. The van der Waals surface area contributed by atoms with Gasteiger partial charge in [-0.15, -0.1) is 10.2 Å². The summed E-state index contributed by atoms with van der Waals surface area (Å²) in [7, 11) is 0. The Morgan fingerprint density at radius 2 is 1.73 bits per heavy atom. The molecule has 37 heavy (non-hydrogen) atoms. The highest BCUT2D eigenvalue weighted by Crippen LogP contribution is 2.36. The predicted octanol–water partition coefficient (Wildman–Crippen LogP) is 5.16. The molecule has 0 spiro atoms. The Labute approximate surface area is 212 Å². The average molecular weight is 506 g/mol. The molecule has 2 aromatic carbocycles. The molecule has 10 heteroatoms. The number of hydrogen-bond donors (Lipinski definition) is 2. The lowest BCUT2D eigenvalue weighted by Crippen LogP contribution is -2.40. The first kappa shape index (κ1) is 24.6. The van der Waals surface area contributed by atoms with Crippen molar-refractivity contribution >= 4 is 11.8 Å². The van der Waals surface area contributed by atoms with Gasteiger partial charge in [0, 0.05) is 43.0 Å². The number of piperidine rings is 1. The molecule has 1 aliphatic heterocycles. The maximum absolute atomic E-state index is 13.4. The minimum absolute atomic E-state index is 0.146. The summed E-state index contributed by atoms with van der Waals surface area (Å²) in [6, 6.07) is 18.6. The first-order valence-corrected chi connectivity index (χ1v) is 12.0. The smallest absolute Gasteiger partial charge is 0.355 e. The van der Waals surface area contributed by atoms with Crippen LogP contribution in [0.4, 0.5) is 24.9 Å². The second-order valence-electron chi connectivity index (χ2n) is 8.97. The van der Waals surface area contributed by atoms with E-state index in [2.05, 4.69) is 30.4 Å². The zero-order valence-corrected chi connectivity index (χ0v) is 20.0. The van der Waals surface area contributed by atoms with E-state index in [-0.39, 0.29) is 6.04 Å². The second-order valence-corrected chi connectivity index (χ2v) is 8.97. The van der Waals surface area contributed by atoms with Gasteiger partial charge in [-0.3, -0.25) is 0 Å². The molecule has 1 aliphatic rings. The summed E-state index contributed by atoms with van der Waals surface area (Å²) < 4.78 is 40.3. The van der Waals surface area contributed by atoms with Gasteiger partial charge in [0.15, 0.2) is 5.82 Å². The van der Waals surface area contributed by atoms with E-state index in [1.807, 2.05) is 36.4 Å². The van der Waals surface area contributed by atoms with Crippen LogP contribution in [-0.2, 0) is 12.7 Å². The van der Waals surface area contributed by atoms with Crippen LogP contribution in [0.1, 0.15) is 24.0 Å². The van der Waals surface area contributed by atoms with Gasteiger partial charge in [-0.2, -0.15) is 13.2 Å². The largest absolute Gasteiger partial charge is 0.416 e. The molecular formula is C27H26F3N7. The summed E-state index contributed by atoms with van der Waals surface area (Å²) in [4.78, 5) is 11.1. The molecule has 0 radical (unpaired) electrons. The third kappa shape index (κ3) is 5.86. The predicted molar refractivity (Wildman–Crippen MR) is 137 cm³/mol. The molecule has 0 atom stereocenters. The van der Waals surface area contributed by atoms with Crippen molar-refractivity contribution in [2.75, 3.05) is 23.3 Å². The molecule has 5 rings (SSSR count). The fourth-order valence-electron chi connectivity index (χ4n) is 4.29. The number of halogens is 3. The SMILES string of the molecule is NC1CCN(c2cc(-c3ccnc(NCc4ccccc4)n3)c(-c3cccc(C(F)(F)F)c3)nn2)CC1. The van der Waals surface area contributed by atoms with Crippen molar-refractivity contribution in [3.05, 3.63) is 84.1 Å². The van der Waals surface area contributed by atoms with Crippen molar-refractivity contribution in [1.29, 1.82) is 0 Å². The van der Waals surface area contributed by atoms with Gasteiger partial charge in [-0.1, -0.05) is 42.5 Å². The molecule has 0 saturated carbocycles. The van der Waals surface area contributed by atoms with Crippen molar-refractivity contribution in [2.24, 2.45) is 5.73 Å². The molecule has 190 valence electrons. The van der Waals surface area contributed by atoms with Crippen LogP contribution < -0.4 is 16.0 Å². The minimum atomic E-state index is -4.47. The first-order valence-electron chi connectivity index (χ1n) is 12.0. The third-order valence-electron chi connectivity index (χ3n) is 6.33. The van der Waals surface area contributed by atoms with Crippen molar-refractivity contribution < 1.29 is 13.2 Å². The topological polar surface area (TPSA) is 92.8 Å². The fourth-order valence-corrected chi connectivity index (χ4v) is 4.29. The van der Waals surface area contributed by atoms with Gasteiger partial charge >= 0.3 is 6.18 Å². The van der Waals surface area contributed by atoms with Crippen molar-refractivity contribution in [3.8, 4) is 22.5 Å². The Hall–Kier alpha value is -4.05. The Kier molecular flexibility index (Phi) is 7.00. The number of nitrogens with two attached hydrogens (primary N) is 1. The second kappa shape index (κ2) is 10.5. The van der Waals surface area contributed by atoms with Crippen LogP contribution in [0.5, 0.6) is 0 Å². The van der Waals surface area contributed by atoms with Crippen LogP contribution in [0, 0.1) is 0 Å². The number of aromatic nitrogens is 4. The van der Waals surface area contributed by atoms with Gasteiger partial charge in [0.1, 0.15) is 5.69 Å². The summed E-state index contributed by atoms with van der Waals surface area (Å²) in [6.45, 7) is 1.98. The van der Waals surface area contributed by atoms with Crippen LogP contribution in [-0.4, -0.2) is 39.3 Å². The molecule has 1 fully saturated rings. The van der Waals surface area contributed by atoms with Crippen molar-refractivity contribution in [1.82, 2.24) is 20.2 Å². The van der Waals surface area contributed by atoms with E-state index in [1.165, 1.54) is 6.07 Å². The van der Waals surface area contributed by atoms with Crippen LogP contribution in [0.3, 0.4) is 0 Å². The lowest BCUT2D eigenvalue weighted by molar-refractivity contribution is -0.137. The molecule has 3 heterocycles. The summed E-state index contributed by atoms with van der Waals surface area (Å²) >= 11 is 0. The number of nitrogens with one attached hydrogen (secondary N) is 1. The van der Waals surface area contributed by atoms with Crippen molar-refractivity contribution in [2.45, 2.75) is 31.6 Å². The minimum Gasteiger partial charge on any atom is -0.355 e. The number of alkyl halides is 3. The molecule has 7 nitrogen and oxygen atoms in total. The molecule has 0 aliphatic carbocycles. The Balaban J connectivity index is 1.53. The Morgan fingerprint density at radius 3 is 2.49 bits per heavy atom. The van der Waals surface area contributed by atoms with Gasteiger partial charge < -0.3 is 16.0 Å². The van der Waals surface area contributed by atoms with Gasteiger partial charge in [0.05, 0.1) is 11.3 Å². The summed E-state index contributed by atoms with van der Waals surface area (Å²) in [5.41, 5.74) is 8.10. The highest BCUT2D eigenvalue weighted by molar-refractivity contribution is 5.81. The molecule has 3 N–H and O–H groups in total. The maximum Gasteiger partial charge on any atom is 0.416 e. The Morgan fingerprint density at radius 1 is 0.946 bits per heavy atom. The maximum atomic E-state index is 13.4. The summed E-state index contributed by atoms with van der Waals surface area (Å²) in [5.74, 6) is 1.04. The number of nitrogens with zero attached hydrogens (tertiary/aromatic N) is 5. The highest BCUT2D eigenvalue weighted by Gasteiger charge is 2.31. The van der Waals surface area contributed by atoms with E-state index >= 15 is 0 Å². The van der Waals surface area contributed by atoms with E-state index in [0.717, 1.165) is 43.6 Å². The van der Waals surface area contributed by atoms with Gasteiger partial charge in [0.25, 0.3) is 0 Å². The summed E-state index contributed by atoms with van der Waals surface area (Å²) in [5, 5.41) is 12.0. The molecule has 4 aromatic rings. The zero-order chi connectivity index (χ0) is 25.8. The van der Waals surface area contributed by atoms with E-state index < -0.39 is 11.7 Å². The summed E-state index contributed by atoms with van der Waals surface area (Å²) in [6.07, 6.45) is -1.20. The van der Waals surface area contributed by atoms with E-state index in [4.69, 9.17) is 5.73 Å². The quantitative estimate of drug-likeness (QED) is 0.374. The highest BCUT2D eigenvalue weighted by atomic mass is 19.4. The molecule has 0 amide bonds. The Bertz CT molecular complexity index is 1350. The lowest BCUT2D eigenvalue weighted by atomic mass is 10.0. The van der Waals surface area contributed by atoms with Crippen LogP contribution in [0.15, 0.2) is 72.9 Å². The molecule has 0 unspecified atom stereocenters. The lowest BCUT2D eigenvalue weighted by Gasteiger charge is -2.31. The average Bonchev–Trinajstić information content (AvgIpc) is 2.92. The van der Waals surface area contributed by atoms with E-state index in [0.29, 0.717) is 40.8 Å². The van der Waals surface area contributed by atoms with E-state index in [1.54, 1.807) is 18.3 Å². The number of benzene rings is 2. The number of rotatable bonds is 6. The fraction of sp³-hybridized carbons (Fsp3) is 0.259. The normalized spacial score (nSPS) is 14.5. The molecule has 0 bridgehead atoms. The van der Waals surface area contributed by atoms with Crippen LogP contribution in [0.25, 0.3) is 22.5 Å². The van der Waals surface area contributed by atoms with Crippen LogP contribution >= 0.6 is 0 Å². The van der Waals surface area contributed by atoms with Gasteiger partial charge in [-0.05, 0) is 42.7 Å². The standard InChI is InChI=1S/C27H26F3N7/c28-27(29,30)20-8-4-7-19(15-20)25-22(16-24(35-36-25)37-13-10-21(31)11-14-37)23-9-12-32-26(34-23)33-17-18-5-2-1-3-6-18/h1-9,12,15-16,21H,10-11,13-14,17,31H2,(H,32,33,34). The van der Waals surface area contributed by atoms with Crippen molar-refractivity contribution in [3.63, 3.8) is 0 Å². The number of hydrogen-bond acceptors (Lipinski definition) is 7. The number of anilines is 2. The molecular weight excluding hydrogens is 479 g/mol. The molecule has 1 saturated heterocycles. The third-order valence-corrected chi connectivity index (χ3v) is 6.33. The van der Waals surface area contributed by atoms with Gasteiger partial charge in [0.2, 0.25) is 5.95 Å². The first-order chi connectivity index (χ1) is 17.9. The van der Waals surface area contributed by atoms with E-state index in [9.17, 15) is 13.2 Å². The monoisotopic (exact) mass is 505 g/mol. The van der Waals surface area contributed by atoms with Gasteiger partial charge in [-0.25, -0.2) is 9.97 Å².